The number of rotatable bonds is 4. The first kappa shape index (κ1) is 21.8. The van der Waals surface area contributed by atoms with Crippen LogP contribution in [0.1, 0.15) is 18.1 Å². The second-order valence-corrected chi connectivity index (χ2v) is 8.92. The van der Waals surface area contributed by atoms with E-state index < -0.39 is 0 Å². The standard InChI is InChI=1S/C34H24O2/c1-23(34(35)36-32-22-19-26-13-7-4-10-16-29(26)32)33(30-20-17-24-11-5-2-8-14-27(24)30)31-21-18-25-12-6-3-9-15-28(25)31/h2-22H,1H3. The minimum Gasteiger partial charge on any atom is -0.422 e. The molecule has 2 nitrogen and oxygen atoms in total. The Labute approximate surface area is 211 Å². The predicted octanol–water partition coefficient (Wildman–Crippen LogP) is 8.43. The predicted molar refractivity (Wildman–Crippen MR) is 147 cm³/mol. The van der Waals surface area contributed by atoms with Crippen molar-refractivity contribution in [2.24, 2.45) is 0 Å². The lowest BCUT2D eigenvalue weighted by Crippen LogP contribution is -2.11. The summed E-state index contributed by atoms with van der Waals surface area (Å²) >= 11 is 0. The molecule has 0 atom stereocenters. The molecular formula is C34H24O2. The summed E-state index contributed by atoms with van der Waals surface area (Å²) in [5, 5.41) is 0. The highest BCUT2D eigenvalue weighted by Gasteiger charge is 2.24. The number of carbonyl (C=O) groups excluding carboxylic acids is 1. The Morgan fingerprint density at radius 3 is 1.50 bits per heavy atom. The van der Waals surface area contributed by atoms with Crippen LogP contribution in [0.4, 0.5) is 0 Å². The van der Waals surface area contributed by atoms with E-state index in [0.29, 0.717) is 11.3 Å². The molecule has 6 aliphatic rings. The van der Waals surface area contributed by atoms with Gasteiger partial charge < -0.3 is 4.74 Å². The van der Waals surface area contributed by atoms with E-state index in [-0.39, 0.29) is 5.97 Å². The lowest BCUT2D eigenvalue weighted by molar-refractivity contribution is -0.130. The second kappa shape index (κ2) is 9.16. The van der Waals surface area contributed by atoms with Crippen molar-refractivity contribution in [3.8, 4) is 39.1 Å². The molecule has 0 heterocycles. The summed E-state index contributed by atoms with van der Waals surface area (Å²) in [5.74, 6) is 0.218. The van der Waals surface area contributed by atoms with Gasteiger partial charge in [-0.1, -0.05) is 121 Å². The van der Waals surface area contributed by atoms with Crippen molar-refractivity contribution < 1.29 is 9.53 Å². The zero-order valence-corrected chi connectivity index (χ0v) is 19.9. The molecule has 0 bridgehead atoms. The Hall–Kier alpha value is -4.69. The van der Waals surface area contributed by atoms with Gasteiger partial charge in [0.05, 0.1) is 0 Å². The van der Waals surface area contributed by atoms with E-state index in [0.717, 1.165) is 50.1 Å². The normalized spacial score (nSPS) is 11.0. The fourth-order valence-electron chi connectivity index (χ4n) is 4.97. The van der Waals surface area contributed by atoms with Crippen LogP contribution in [0.5, 0.6) is 5.75 Å². The SMILES string of the molecule is CC(C(=O)Oc1ccc2cccccc1-2)=C(c1ccc2cccccc1-2)c1ccc2cccccc1-2. The quantitative estimate of drug-likeness (QED) is 0.193. The third kappa shape index (κ3) is 3.83. The van der Waals surface area contributed by atoms with Crippen molar-refractivity contribution in [2.75, 3.05) is 0 Å². The van der Waals surface area contributed by atoms with Crippen LogP contribution in [0.15, 0.2) is 133 Å². The Bertz CT molecular complexity index is 1570. The molecule has 0 aliphatic heterocycles. The van der Waals surface area contributed by atoms with Gasteiger partial charge in [0, 0.05) is 16.7 Å². The van der Waals surface area contributed by atoms with Crippen molar-refractivity contribution in [1.29, 1.82) is 0 Å². The highest BCUT2D eigenvalue weighted by molar-refractivity contribution is 6.07. The molecule has 0 aromatic rings. The topological polar surface area (TPSA) is 26.3 Å². The van der Waals surface area contributed by atoms with Crippen LogP contribution in [0.25, 0.3) is 39.0 Å². The van der Waals surface area contributed by atoms with Crippen LogP contribution >= 0.6 is 0 Å². The largest absolute Gasteiger partial charge is 0.422 e. The van der Waals surface area contributed by atoms with Gasteiger partial charge in [-0.05, 0) is 51.9 Å². The first-order valence-corrected chi connectivity index (χ1v) is 12.1. The van der Waals surface area contributed by atoms with Crippen LogP contribution in [-0.4, -0.2) is 5.97 Å². The zero-order chi connectivity index (χ0) is 24.5. The monoisotopic (exact) mass is 464 g/mol. The maximum atomic E-state index is 13.7. The molecule has 0 amide bonds. The molecular weight excluding hydrogens is 440 g/mol. The third-order valence-electron chi connectivity index (χ3n) is 6.76. The Kier molecular flexibility index (Phi) is 5.55. The lowest BCUT2D eigenvalue weighted by Gasteiger charge is -2.14. The van der Waals surface area contributed by atoms with Crippen molar-refractivity contribution in [1.82, 2.24) is 0 Å². The van der Waals surface area contributed by atoms with Crippen molar-refractivity contribution >= 4 is 11.5 Å². The highest BCUT2D eigenvalue weighted by atomic mass is 16.5. The Morgan fingerprint density at radius 1 is 0.500 bits per heavy atom. The Balaban J connectivity index is 1.51. The smallest absolute Gasteiger partial charge is 0.339 e. The molecule has 6 rings (SSSR count). The molecule has 6 aliphatic carbocycles. The van der Waals surface area contributed by atoms with Gasteiger partial charge in [0.25, 0.3) is 0 Å². The van der Waals surface area contributed by atoms with Gasteiger partial charge in [-0.3, -0.25) is 0 Å². The maximum Gasteiger partial charge on any atom is 0.339 e. The molecule has 0 aromatic carbocycles. The highest BCUT2D eigenvalue weighted by Crippen LogP contribution is 2.42. The first-order valence-electron chi connectivity index (χ1n) is 12.1. The minimum atomic E-state index is -0.353. The van der Waals surface area contributed by atoms with E-state index in [4.69, 9.17) is 4.74 Å². The molecule has 172 valence electrons. The van der Waals surface area contributed by atoms with E-state index in [1.807, 2.05) is 85.8 Å². The van der Waals surface area contributed by atoms with Gasteiger partial charge >= 0.3 is 5.97 Å². The zero-order valence-electron chi connectivity index (χ0n) is 19.9. The number of hydrogen-bond donors (Lipinski definition) is 0. The molecule has 0 fully saturated rings. The number of fused-ring (bicyclic) bond motifs is 3. The number of hydrogen-bond acceptors (Lipinski definition) is 2. The fourth-order valence-corrected chi connectivity index (χ4v) is 4.97. The summed E-state index contributed by atoms with van der Waals surface area (Å²) < 4.78 is 6.01. The summed E-state index contributed by atoms with van der Waals surface area (Å²) in [5.41, 5.74) is 9.92. The second-order valence-electron chi connectivity index (χ2n) is 8.92. The van der Waals surface area contributed by atoms with E-state index >= 15 is 0 Å². The molecule has 0 radical (unpaired) electrons. The summed E-state index contributed by atoms with van der Waals surface area (Å²) in [6, 6.07) is 42.8. The lowest BCUT2D eigenvalue weighted by atomic mass is 9.91. The minimum absolute atomic E-state index is 0.353. The third-order valence-corrected chi connectivity index (χ3v) is 6.76. The molecule has 0 saturated carbocycles. The Morgan fingerprint density at radius 2 is 0.944 bits per heavy atom. The molecule has 0 aromatic heterocycles. The number of carbonyl (C=O) groups is 1. The van der Waals surface area contributed by atoms with Crippen molar-refractivity contribution in [2.45, 2.75) is 6.92 Å². The van der Waals surface area contributed by atoms with Gasteiger partial charge in [-0.15, -0.1) is 0 Å². The first-order chi connectivity index (χ1) is 17.7. The number of ether oxygens (including phenoxy) is 1. The van der Waals surface area contributed by atoms with E-state index in [9.17, 15) is 4.79 Å². The van der Waals surface area contributed by atoms with Crippen LogP contribution < -0.4 is 4.74 Å². The average molecular weight is 465 g/mol. The van der Waals surface area contributed by atoms with Crippen molar-refractivity contribution in [3.63, 3.8) is 0 Å². The maximum absolute atomic E-state index is 13.7. The summed E-state index contributed by atoms with van der Waals surface area (Å²) in [6.45, 7) is 1.87. The van der Waals surface area contributed by atoms with Crippen LogP contribution in [0.3, 0.4) is 0 Å². The van der Waals surface area contributed by atoms with E-state index in [2.05, 4.69) is 48.5 Å². The molecule has 0 saturated heterocycles. The average Bonchev–Trinajstić information content (AvgIpc) is 3.36. The van der Waals surface area contributed by atoms with Crippen LogP contribution in [-0.2, 0) is 4.79 Å². The molecule has 2 heteroatoms. The molecule has 36 heavy (non-hydrogen) atoms. The summed E-state index contributed by atoms with van der Waals surface area (Å²) in [4.78, 5) is 13.7. The summed E-state index contributed by atoms with van der Waals surface area (Å²) in [7, 11) is 0. The van der Waals surface area contributed by atoms with Gasteiger partial charge in [-0.2, -0.15) is 0 Å². The van der Waals surface area contributed by atoms with E-state index in [1.54, 1.807) is 0 Å². The van der Waals surface area contributed by atoms with Crippen molar-refractivity contribution in [3.05, 3.63) is 144 Å². The van der Waals surface area contributed by atoms with Gasteiger partial charge in [-0.25, -0.2) is 4.79 Å². The molecule has 0 N–H and O–H groups in total. The summed E-state index contributed by atoms with van der Waals surface area (Å²) in [6.07, 6.45) is 0. The van der Waals surface area contributed by atoms with Crippen LogP contribution in [0, 0.1) is 0 Å². The fraction of sp³-hybridized carbons (Fsp3) is 0.0294. The van der Waals surface area contributed by atoms with Gasteiger partial charge in [0.15, 0.2) is 0 Å². The van der Waals surface area contributed by atoms with E-state index in [1.165, 1.54) is 0 Å². The van der Waals surface area contributed by atoms with Gasteiger partial charge in [0.2, 0.25) is 0 Å². The number of esters is 1. The molecule has 0 unspecified atom stereocenters. The molecule has 0 spiro atoms. The van der Waals surface area contributed by atoms with Crippen LogP contribution in [0.2, 0.25) is 0 Å². The van der Waals surface area contributed by atoms with Gasteiger partial charge in [0.1, 0.15) is 5.75 Å².